The Hall–Kier alpha value is -0.430. The maximum Gasteiger partial charge on any atom is 0.106 e. The van der Waals surface area contributed by atoms with Gasteiger partial charge in [-0.05, 0) is 25.5 Å². The van der Waals surface area contributed by atoms with Gasteiger partial charge in [-0.25, -0.2) is 0 Å². The molecule has 62 valence electrons. The Labute approximate surface area is 72.4 Å². The average molecular weight is 173 g/mol. The van der Waals surface area contributed by atoms with Crippen molar-refractivity contribution < 1.29 is 4.42 Å². The lowest BCUT2D eigenvalue weighted by molar-refractivity contribution is 0.461. The molecular formula is C9H13ClO. The fraction of sp³-hybridized carbons (Fsp3) is 0.556. The molecule has 0 saturated carbocycles. The highest BCUT2D eigenvalue weighted by atomic mass is 35.5. The predicted octanol–water partition coefficient (Wildman–Crippen LogP) is 3.40. The van der Waals surface area contributed by atoms with E-state index < -0.39 is 0 Å². The van der Waals surface area contributed by atoms with E-state index in [9.17, 15) is 0 Å². The third-order valence-electron chi connectivity index (χ3n) is 1.71. The zero-order chi connectivity index (χ0) is 8.27. The van der Waals surface area contributed by atoms with Gasteiger partial charge in [0.2, 0.25) is 0 Å². The SMILES string of the molecule is CC(Cl)CC(C)c1ccco1. The fourth-order valence-corrected chi connectivity index (χ4v) is 1.44. The first-order valence-corrected chi connectivity index (χ1v) is 4.31. The first-order valence-electron chi connectivity index (χ1n) is 3.87. The van der Waals surface area contributed by atoms with Crippen LogP contribution in [0.2, 0.25) is 0 Å². The maximum absolute atomic E-state index is 5.85. The molecule has 0 saturated heterocycles. The summed E-state index contributed by atoms with van der Waals surface area (Å²) >= 11 is 5.85. The lowest BCUT2D eigenvalue weighted by Crippen LogP contribution is -1.99. The Kier molecular flexibility index (Phi) is 3.01. The molecule has 0 aliphatic carbocycles. The summed E-state index contributed by atoms with van der Waals surface area (Å²) < 4.78 is 5.24. The molecule has 1 nitrogen and oxygen atoms in total. The molecular weight excluding hydrogens is 160 g/mol. The minimum Gasteiger partial charge on any atom is -0.469 e. The number of furan rings is 1. The third kappa shape index (κ3) is 2.58. The summed E-state index contributed by atoms with van der Waals surface area (Å²) in [7, 11) is 0. The minimum absolute atomic E-state index is 0.218. The zero-order valence-electron chi connectivity index (χ0n) is 6.88. The fourth-order valence-electron chi connectivity index (χ4n) is 1.18. The summed E-state index contributed by atoms with van der Waals surface area (Å²) in [5.74, 6) is 1.45. The molecule has 0 bridgehead atoms. The molecule has 0 aliphatic heterocycles. The van der Waals surface area contributed by atoms with Gasteiger partial charge in [0, 0.05) is 11.3 Å². The molecule has 1 aromatic heterocycles. The smallest absolute Gasteiger partial charge is 0.106 e. The molecule has 0 aromatic carbocycles. The second-order valence-electron chi connectivity index (χ2n) is 2.93. The molecule has 1 rings (SSSR count). The van der Waals surface area contributed by atoms with Crippen LogP contribution in [0.15, 0.2) is 22.8 Å². The standard InChI is InChI=1S/C9H13ClO/c1-7(6-8(2)10)9-4-3-5-11-9/h3-5,7-8H,6H2,1-2H3. The molecule has 0 fully saturated rings. The van der Waals surface area contributed by atoms with Crippen LogP contribution in [-0.4, -0.2) is 5.38 Å². The van der Waals surface area contributed by atoms with Crippen LogP contribution in [0, 0.1) is 0 Å². The highest BCUT2D eigenvalue weighted by Crippen LogP contribution is 2.22. The van der Waals surface area contributed by atoms with Crippen molar-refractivity contribution in [2.75, 3.05) is 0 Å². The van der Waals surface area contributed by atoms with Crippen LogP contribution < -0.4 is 0 Å². The van der Waals surface area contributed by atoms with E-state index in [4.69, 9.17) is 16.0 Å². The highest BCUT2D eigenvalue weighted by Gasteiger charge is 2.10. The number of hydrogen-bond acceptors (Lipinski definition) is 1. The number of hydrogen-bond donors (Lipinski definition) is 0. The molecule has 0 spiro atoms. The first-order chi connectivity index (χ1) is 5.20. The summed E-state index contributed by atoms with van der Waals surface area (Å²) in [5.41, 5.74) is 0. The zero-order valence-corrected chi connectivity index (χ0v) is 7.64. The molecule has 0 N–H and O–H groups in total. The van der Waals surface area contributed by atoms with Gasteiger partial charge in [0.25, 0.3) is 0 Å². The van der Waals surface area contributed by atoms with E-state index in [0.29, 0.717) is 5.92 Å². The number of rotatable bonds is 3. The molecule has 0 radical (unpaired) electrons. The Morgan fingerprint density at radius 1 is 1.55 bits per heavy atom. The van der Waals surface area contributed by atoms with Crippen LogP contribution in [0.5, 0.6) is 0 Å². The van der Waals surface area contributed by atoms with E-state index in [2.05, 4.69) is 6.92 Å². The van der Waals surface area contributed by atoms with Gasteiger partial charge in [0.15, 0.2) is 0 Å². The molecule has 0 aliphatic rings. The molecule has 2 unspecified atom stereocenters. The number of halogens is 1. The molecule has 1 heterocycles. The van der Waals surface area contributed by atoms with Crippen molar-refractivity contribution in [2.45, 2.75) is 31.6 Å². The summed E-state index contributed by atoms with van der Waals surface area (Å²) in [4.78, 5) is 0. The van der Waals surface area contributed by atoms with Gasteiger partial charge < -0.3 is 4.42 Å². The van der Waals surface area contributed by atoms with Crippen LogP contribution in [0.1, 0.15) is 31.9 Å². The Bertz CT molecular complexity index is 191. The normalized spacial score (nSPS) is 16.3. The molecule has 11 heavy (non-hydrogen) atoms. The van der Waals surface area contributed by atoms with Crippen molar-refractivity contribution in [1.82, 2.24) is 0 Å². The molecule has 1 aromatic rings. The quantitative estimate of drug-likeness (QED) is 0.637. The van der Waals surface area contributed by atoms with Crippen LogP contribution in [0.25, 0.3) is 0 Å². The van der Waals surface area contributed by atoms with Crippen LogP contribution >= 0.6 is 11.6 Å². The van der Waals surface area contributed by atoms with Gasteiger partial charge >= 0.3 is 0 Å². The Morgan fingerprint density at radius 3 is 2.73 bits per heavy atom. The van der Waals surface area contributed by atoms with Gasteiger partial charge in [0.1, 0.15) is 5.76 Å². The van der Waals surface area contributed by atoms with Crippen molar-refractivity contribution in [2.24, 2.45) is 0 Å². The van der Waals surface area contributed by atoms with E-state index in [0.717, 1.165) is 12.2 Å². The Morgan fingerprint density at radius 2 is 2.27 bits per heavy atom. The van der Waals surface area contributed by atoms with Crippen molar-refractivity contribution in [3.05, 3.63) is 24.2 Å². The molecule has 2 atom stereocenters. The second kappa shape index (κ2) is 3.82. The monoisotopic (exact) mass is 172 g/mol. The summed E-state index contributed by atoms with van der Waals surface area (Å²) in [6, 6.07) is 3.90. The van der Waals surface area contributed by atoms with E-state index in [1.807, 2.05) is 19.1 Å². The van der Waals surface area contributed by atoms with Crippen molar-refractivity contribution >= 4 is 11.6 Å². The van der Waals surface area contributed by atoms with Gasteiger partial charge in [0.05, 0.1) is 6.26 Å². The lowest BCUT2D eigenvalue weighted by atomic mass is 10.0. The summed E-state index contributed by atoms with van der Waals surface area (Å²) in [6.45, 7) is 4.12. The van der Waals surface area contributed by atoms with E-state index in [-0.39, 0.29) is 5.38 Å². The average Bonchev–Trinajstić information content (AvgIpc) is 2.35. The van der Waals surface area contributed by atoms with Gasteiger partial charge in [-0.1, -0.05) is 6.92 Å². The third-order valence-corrected chi connectivity index (χ3v) is 1.89. The van der Waals surface area contributed by atoms with Gasteiger partial charge in [-0.15, -0.1) is 11.6 Å². The second-order valence-corrected chi connectivity index (χ2v) is 3.68. The highest BCUT2D eigenvalue weighted by molar-refractivity contribution is 6.20. The molecule has 0 amide bonds. The lowest BCUT2D eigenvalue weighted by Gasteiger charge is -2.08. The summed E-state index contributed by atoms with van der Waals surface area (Å²) in [5, 5.41) is 0.218. The van der Waals surface area contributed by atoms with Crippen molar-refractivity contribution in [1.29, 1.82) is 0 Å². The van der Waals surface area contributed by atoms with E-state index in [1.165, 1.54) is 0 Å². The number of alkyl halides is 1. The van der Waals surface area contributed by atoms with Crippen LogP contribution in [-0.2, 0) is 0 Å². The van der Waals surface area contributed by atoms with Crippen LogP contribution in [0.4, 0.5) is 0 Å². The summed E-state index contributed by atoms with van der Waals surface area (Å²) in [6.07, 6.45) is 2.67. The first kappa shape index (κ1) is 8.66. The predicted molar refractivity (Wildman–Crippen MR) is 47.1 cm³/mol. The van der Waals surface area contributed by atoms with Crippen LogP contribution in [0.3, 0.4) is 0 Å². The minimum atomic E-state index is 0.218. The largest absolute Gasteiger partial charge is 0.469 e. The molecule has 2 heteroatoms. The van der Waals surface area contributed by atoms with Crippen molar-refractivity contribution in [3.63, 3.8) is 0 Å². The van der Waals surface area contributed by atoms with Gasteiger partial charge in [-0.3, -0.25) is 0 Å². The van der Waals surface area contributed by atoms with Gasteiger partial charge in [-0.2, -0.15) is 0 Å². The Balaban J connectivity index is 2.49. The van der Waals surface area contributed by atoms with E-state index in [1.54, 1.807) is 6.26 Å². The van der Waals surface area contributed by atoms with E-state index >= 15 is 0 Å². The maximum atomic E-state index is 5.85. The van der Waals surface area contributed by atoms with Crippen molar-refractivity contribution in [3.8, 4) is 0 Å². The topological polar surface area (TPSA) is 13.1 Å².